The molecule has 2 rings (SSSR count). The Kier molecular flexibility index (Phi) is 5.54. The van der Waals surface area contributed by atoms with Crippen molar-refractivity contribution in [2.24, 2.45) is 0 Å². The molecular formula is C17H16O5. The van der Waals surface area contributed by atoms with Crippen LogP contribution in [0.3, 0.4) is 0 Å². The van der Waals surface area contributed by atoms with Crippen molar-refractivity contribution in [2.45, 2.75) is 0 Å². The minimum Gasteiger partial charge on any atom is -0.490 e. The molecule has 5 heteroatoms. The summed E-state index contributed by atoms with van der Waals surface area (Å²) in [6.45, 7) is 0.378. The van der Waals surface area contributed by atoms with E-state index in [1.54, 1.807) is 18.2 Å². The Hall–Kier alpha value is -2.82. The Bertz CT molecular complexity index is 637. The average Bonchev–Trinajstić information content (AvgIpc) is 2.59. The van der Waals surface area contributed by atoms with E-state index < -0.39 is 11.9 Å². The molecule has 0 radical (unpaired) electrons. The normalized spacial score (nSPS) is 9.86. The van der Waals surface area contributed by atoms with Crippen molar-refractivity contribution in [3.8, 4) is 5.75 Å². The fourth-order valence-corrected chi connectivity index (χ4v) is 1.78. The summed E-state index contributed by atoms with van der Waals surface area (Å²) in [6.07, 6.45) is 0. The van der Waals surface area contributed by atoms with Crippen molar-refractivity contribution in [3.63, 3.8) is 0 Å². The molecule has 2 aromatic rings. The van der Waals surface area contributed by atoms with E-state index in [2.05, 4.69) is 4.74 Å². The lowest BCUT2D eigenvalue weighted by Gasteiger charge is -2.08. The van der Waals surface area contributed by atoms with Gasteiger partial charge in [0.1, 0.15) is 19.0 Å². The van der Waals surface area contributed by atoms with Gasteiger partial charge in [0.2, 0.25) is 0 Å². The standard InChI is InChI=1S/C17H16O5/c1-20-16(18)13-6-5-7-14(12-13)17(19)22-11-10-21-15-8-3-2-4-9-15/h2-9,12H,10-11H2,1H3. The fraction of sp³-hybridized carbons (Fsp3) is 0.176. The zero-order chi connectivity index (χ0) is 15.8. The van der Waals surface area contributed by atoms with Gasteiger partial charge in [-0.15, -0.1) is 0 Å². The van der Waals surface area contributed by atoms with E-state index in [4.69, 9.17) is 9.47 Å². The van der Waals surface area contributed by atoms with Crippen molar-refractivity contribution in [3.05, 3.63) is 65.7 Å². The van der Waals surface area contributed by atoms with Crippen LogP contribution in [0.4, 0.5) is 0 Å². The summed E-state index contributed by atoms with van der Waals surface area (Å²) in [5.41, 5.74) is 0.597. The molecular weight excluding hydrogens is 284 g/mol. The van der Waals surface area contributed by atoms with Crippen LogP contribution in [0, 0.1) is 0 Å². The zero-order valence-electron chi connectivity index (χ0n) is 12.2. The van der Waals surface area contributed by atoms with Crippen LogP contribution in [0.5, 0.6) is 5.75 Å². The molecule has 0 aromatic heterocycles. The van der Waals surface area contributed by atoms with Crippen LogP contribution in [0.1, 0.15) is 20.7 Å². The smallest absolute Gasteiger partial charge is 0.338 e. The van der Waals surface area contributed by atoms with Crippen molar-refractivity contribution in [2.75, 3.05) is 20.3 Å². The molecule has 0 aliphatic carbocycles. The van der Waals surface area contributed by atoms with Gasteiger partial charge < -0.3 is 14.2 Å². The van der Waals surface area contributed by atoms with E-state index in [9.17, 15) is 9.59 Å². The SMILES string of the molecule is COC(=O)c1cccc(C(=O)OCCOc2ccccc2)c1. The Morgan fingerprint density at radius 3 is 2.23 bits per heavy atom. The Labute approximate surface area is 128 Å². The number of benzene rings is 2. The summed E-state index contributed by atoms with van der Waals surface area (Å²) < 4.78 is 15.1. The maximum absolute atomic E-state index is 11.9. The minimum absolute atomic E-state index is 0.121. The van der Waals surface area contributed by atoms with Crippen LogP contribution in [-0.4, -0.2) is 32.3 Å². The molecule has 5 nitrogen and oxygen atoms in total. The third-order valence-corrected chi connectivity index (χ3v) is 2.85. The zero-order valence-corrected chi connectivity index (χ0v) is 12.2. The number of esters is 2. The molecule has 0 bridgehead atoms. The lowest BCUT2D eigenvalue weighted by molar-refractivity contribution is 0.0450. The molecule has 0 spiro atoms. The summed E-state index contributed by atoms with van der Waals surface area (Å²) in [7, 11) is 1.29. The molecule has 0 heterocycles. The lowest BCUT2D eigenvalue weighted by Crippen LogP contribution is -2.13. The molecule has 0 saturated carbocycles. The molecule has 0 aliphatic rings. The monoisotopic (exact) mass is 300 g/mol. The van der Waals surface area contributed by atoms with Crippen LogP contribution in [0.25, 0.3) is 0 Å². The molecule has 0 fully saturated rings. The van der Waals surface area contributed by atoms with Gasteiger partial charge in [-0.1, -0.05) is 24.3 Å². The quantitative estimate of drug-likeness (QED) is 0.606. The number of ether oxygens (including phenoxy) is 3. The second kappa shape index (κ2) is 7.83. The highest BCUT2D eigenvalue weighted by Crippen LogP contribution is 2.09. The second-order valence-electron chi connectivity index (χ2n) is 4.37. The number of carbonyl (C=O) groups is 2. The van der Waals surface area contributed by atoms with Gasteiger partial charge in [-0.2, -0.15) is 0 Å². The van der Waals surface area contributed by atoms with Gasteiger partial charge in [0.25, 0.3) is 0 Å². The maximum atomic E-state index is 11.9. The third-order valence-electron chi connectivity index (χ3n) is 2.85. The van der Waals surface area contributed by atoms with Crippen LogP contribution < -0.4 is 4.74 Å². The van der Waals surface area contributed by atoms with Crippen molar-refractivity contribution < 1.29 is 23.8 Å². The topological polar surface area (TPSA) is 61.8 Å². The minimum atomic E-state index is -0.512. The number of para-hydroxylation sites is 1. The second-order valence-corrected chi connectivity index (χ2v) is 4.37. The van der Waals surface area contributed by atoms with Crippen LogP contribution in [0.15, 0.2) is 54.6 Å². The summed E-state index contributed by atoms with van der Waals surface area (Å²) in [5, 5.41) is 0. The van der Waals surface area contributed by atoms with Gasteiger partial charge in [-0.3, -0.25) is 0 Å². The first kappa shape index (κ1) is 15.6. The molecule has 0 N–H and O–H groups in total. The van der Waals surface area contributed by atoms with Gasteiger partial charge in [-0.25, -0.2) is 9.59 Å². The predicted octanol–water partition coefficient (Wildman–Crippen LogP) is 2.71. The van der Waals surface area contributed by atoms with Crippen molar-refractivity contribution in [1.29, 1.82) is 0 Å². The van der Waals surface area contributed by atoms with Gasteiger partial charge in [-0.05, 0) is 30.3 Å². The molecule has 0 atom stereocenters. The fourth-order valence-electron chi connectivity index (χ4n) is 1.78. The van der Waals surface area contributed by atoms with E-state index in [0.717, 1.165) is 0 Å². The highest BCUT2D eigenvalue weighted by atomic mass is 16.6. The number of carbonyl (C=O) groups excluding carboxylic acids is 2. The molecule has 0 unspecified atom stereocenters. The Morgan fingerprint density at radius 2 is 1.55 bits per heavy atom. The first-order chi connectivity index (χ1) is 10.7. The summed E-state index contributed by atoms with van der Waals surface area (Å²) in [4.78, 5) is 23.3. The van der Waals surface area contributed by atoms with Gasteiger partial charge in [0, 0.05) is 0 Å². The van der Waals surface area contributed by atoms with Gasteiger partial charge in [0.15, 0.2) is 0 Å². The first-order valence-electron chi connectivity index (χ1n) is 6.74. The number of hydrogen-bond donors (Lipinski definition) is 0. The highest BCUT2D eigenvalue weighted by Gasteiger charge is 2.11. The summed E-state index contributed by atoms with van der Waals surface area (Å²) in [6, 6.07) is 15.4. The molecule has 22 heavy (non-hydrogen) atoms. The number of hydrogen-bond acceptors (Lipinski definition) is 5. The number of methoxy groups -OCH3 is 1. The van der Waals surface area contributed by atoms with Crippen LogP contribution >= 0.6 is 0 Å². The summed E-state index contributed by atoms with van der Waals surface area (Å²) >= 11 is 0. The Morgan fingerprint density at radius 1 is 0.864 bits per heavy atom. The summed E-state index contributed by atoms with van der Waals surface area (Å²) in [5.74, 6) is -0.296. The molecule has 0 amide bonds. The molecule has 2 aromatic carbocycles. The first-order valence-corrected chi connectivity index (χ1v) is 6.74. The van der Waals surface area contributed by atoms with E-state index >= 15 is 0 Å². The molecule has 114 valence electrons. The van der Waals surface area contributed by atoms with E-state index in [-0.39, 0.29) is 13.2 Å². The third kappa shape index (κ3) is 4.34. The largest absolute Gasteiger partial charge is 0.490 e. The van der Waals surface area contributed by atoms with Crippen LogP contribution in [0.2, 0.25) is 0 Å². The lowest BCUT2D eigenvalue weighted by atomic mass is 10.1. The number of rotatable bonds is 6. The van der Waals surface area contributed by atoms with E-state index in [1.807, 2.05) is 30.3 Å². The van der Waals surface area contributed by atoms with E-state index in [0.29, 0.717) is 16.9 Å². The van der Waals surface area contributed by atoms with Gasteiger partial charge in [0.05, 0.1) is 18.2 Å². The van der Waals surface area contributed by atoms with E-state index in [1.165, 1.54) is 13.2 Å². The maximum Gasteiger partial charge on any atom is 0.338 e. The highest BCUT2D eigenvalue weighted by molar-refractivity contribution is 5.95. The van der Waals surface area contributed by atoms with Crippen molar-refractivity contribution in [1.82, 2.24) is 0 Å². The molecule has 0 aliphatic heterocycles. The van der Waals surface area contributed by atoms with Crippen LogP contribution in [-0.2, 0) is 9.47 Å². The average molecular weight is 300 g/mol. The molecule has 0 saturated heterocycles. The Balaban J connectivity index is 1.83. The van der Waals surface area contributed by atoms with Crippen molar-refractivity contribution >= 4 is 11.9 Å². The van der Waals surface area contributed by atoms with Gasteiger partial charge >= 0.3 is 11.9 Å². The predicted molar refractivity (Wildman–Crippen MR) is 80.0 cm³/mol.